The molecule has 3 N–H and O–H groups in total. The number of rotatable bonds is 5. The van der Waals surface area contributed by atoms with Crippen LogP contribution in [0, 0.1) is 6.92 Å². The van der Waals surface area contributed by atoms with Crippen molar-refractivity contribution in [1.82, 2.24) is 4.98 Å². The summed E-state index contributed by atoms with van der Waals surface area (Å²) >= 11 is 0. The molecule has 5 nitrogen and oxygen atoms in total. The predicted molar refractivity (Wildman–Crippen MR) is 125 cm³/mol. The van der Waals surface area contributed by atoms with Gasteiger partial charge in [-0.05, 0) is 49.7 Å². The normalized spacial score (nSPS) is 10.3. The molecule has 0 bridgehead atoms. The molecule has 5 heteroatoms. The van der Waals surface area contributed by atoms with Crippen LogP contribution in [0.4, 0.5) is 0 Å². The molecule has 4 aromatic rings. The van der Waals surface area contributed by atoms with E-state index in [9.17, 15) is 9.90 Å². The van der Waals surface area contributed by atoms with E-state index in [1.165, 1.54) is 5.56 Å². The zero-order valence-electron chi connectivity index (χ0n) is 17.7. The van der Waals surface area contributed by atoms with Crippen LogP contribution in [-0.4, -0.2) is 29.7 Å². The van der Waals surface area contributed by atoms with Crippen LogP contribution in [0.3, 0.4) is 0 Å². The highest BCUT2D eigenvalue weighted by atomic mass is 16.5. The minimum Gasteiger partial charge on any atom is -0.497 e. The highest BCUT2D eigenvalue weighted by Crippen LogP contribution is 2.25. The van der Waals surface area contributed by atoms with Crippen molar-refractivity contribution in [3.63, 3.8) is 0 Å². The Labute approximate surface area is 182 Å². The van der Waals surface area contributed by atoms with Crippen molar-refractivity contribution in [2.24, 2.45) is 5.73 Å². The number of hydrogen-bond acceptors (Lipinski definition) is 4. The van der Waals surface area contributed by atoms with Gasteiger partial charge in [0.1, 0.15) is 5.75 Å². The number of carbonyl (C=O) groups is 1. The Morgan fingerprint density at radius 2 is 1.68 bits per heavy atom. The van der Waals surface area contributed by atoms with Crippen LogP contribution in [0.5, 0.6) is 5.75 Å². The number of para-hydroxylation sites is 1. The van der Waals surface area contributed by atoms with Crippen LogP contribution in [0.1, 0.15) is 21.5 Å². The number of ether oxygens (including phenoxy) is 1. The van der Waals surface area contributed by atoms with E-state index in [2.05, 4.69) is 4.98 Å². The number of fused-ring (bicyclic) bond motifs is 1. The molecule has 0 unspecified atom stereocenters. The Morgan fingerprint density at radius 3 is 2.29 bits per heavy atom. The maximum absolute atomic E-state index is 11.4. The van der Waals surface area contributed by atoms with Gasteiger partial charge in [-0.3, -0.25) is 0 Å². The van der Waals surface area contributed by atoms with Gasteiger partial charge in [0.25, 0.3) is 0 Å². The monoisotopic (exact) mass is 414 g/mol. The molecular formula is C26H26N2O3. The third-order valence-electron chi connectivity index (χ3n) is 4.89. The van der Waals surface area contributed by atoms with Crippen LogP contribution >= 0.6 is 0 Å². The molecule has 1 heterocycles. The molecule has 4 rings (SSSR count). The Bertz CT molecular complexity index is 1150. The van der Waals surface area contributed by atoms with E-state index in [1.54, 1.807) is 19.2 Å². The number of methoxy groups -OCH3 is 1. The van der Waals surface area contributed by atoms with Crippen molar-refractivity contribution in [1.29, 1.82) is 0 Å². The van der Waals surface area contributed by atoms with Crippen molar-refractivity contribution >= 4 is 16.9 Å². The lowest BCUT2D eigenvalue weighted by molar-refractivity contribution is 0.0699. The maximum atomic E-state index is 11.4. The largest absolute Gasteiger partial charge is 0.497 e. The topological polar surface area (TPSA) is 85.4 Å². The van der Waals surface area contributed by atoms with Gasteiger partial charge in [0.05, 0.1) is 23.9 Å². The van der Waals surface area contributed by atoms with Gasteiger partial charge in [0.15, 0.2) is 0 Å². The van der Waals surface area contributed by atoms with Gasteiger partial charge < -0.3 is 15.6 Å². The molecule has 0 radical (unpaired) electrons. The van der Waals surface area contributed by atoms with Gasteiger partial charge >= 0.3 is 5.97 Å². The first-order chi connectivity index (χ1) is 15.0. The molecule has 0 atom stereocenters. The third kappa shape index (κ3) is 5.68. The average Bonchev–Trinajstić information content (AvgIpc) is 2.80. The number of benzene rings is 3. The van der Waals surface area contributed by atoms with E-state index in [0.717, 1.165) is 23.3 Å². The Morgan fingerprint density at radius 1 is 1.00 bits per heavy atom. The summed E-state index contributed by atoms with van der Waals surface area (Å²) in [6.07, 6.45) is 0.935. The van der Waals surface area contributed by atoms with Crippen molar-refractivity contribution in [2.45, 2.75) is 13.3 Å². The summed E-state index contributed by atoms with van der Waals surface area (Å²) in [6.45, 7) is 2.71. The lowest BCUT2D eigenvalue weighted by atomic mass is 10.0. The number of aromatic nitrogens is 1. The van der Waals surface area contributed by atoms with E-state index < -0.39 is 5.97 Å². The molecule has 1 aromatic heterocycles. The highest BCUT2D eigenvalue weighted by Gasteiger charge is 2.12. The molecule has 158 valence electrons. The maximum Gasteiger partial charge on any atom is 0.336 e. The SMILES string of the molecule is COc1ccc(CCN)cc1.Cc1ccc(-c2cc(C(=O)O)c3ccccc3n2)cc1. The van der Waals surface area contributed by atoms with Crippen LogP contribution < -0.4 is 10.5 Å². The van der Waals surface area contributed by atoms with Crippen molar-refractivity contribution < 1.29 is 14.6 Å². The lowest BCUT2D eigenvalue weighted by Crippen LogP contribution is -2.02. The molecule has 0 aliphatic carbocycles. The first-order valence-corrected chi connectivity index (χ1v) is 10.0. The molecule has 0 spiro atoms. The zero-order chi connectivity index (χ0) is 22.2. The molecule has 0 amide bonds. The Balaban J connectivity index is 0.000000210. The number of carboxylic acid groups (broad SMARTS) is 1. The summed E-state index contributed by atoms with van der Waals surface area (Å²) in [5.74, 6) is -0.0391. The van der Waals surface area contributed by atoms with Crippen LogP contribution in [0.2, 0.25) is 0 Å². The molecule has 0 fully saturated rings. The van der Waals surface area contributed by atoms with E-state index in [4.69, 9.17) is 10.5 Å². The summed E-state index contributed by atoms with van der Waals surface area (Å²) in [6, 6.07) is 24.8. The van der Waals surface area contributed by atoms with Crippen molar-refractivity contribution in [2.75, 3.05) is 13.7 Å². The summed E-state index contributed by atoms with van der Waals surface area (Å²) in [5.41, 5.74) is 10.4. The second-order valence-corrected chi connectivity index (χ2v) is 7.13. The summed E-state index contributed by atoms with van der Waals surface area (Å²) in [5, 5.41) is 10.0. The van der Waals surface area contributed by atoms with Gasteiger partial charge in [-0.25, -0.2) is 9.78 Å². The van der Waals surface area contributed by atoms with E-state index in [-0.39, 0.29) is 5.56 Å². The third-order valence-corrected chi connectivity index (χ3v) is 4.89. The summed E-state index contributed by atoms with van der Waals surface area (Å²) in [4.78, 5) is 16.0. The minimum atomic E-state index is -0.933. The van der Waals surface area contributed by atoms with Gasteiger partial charge in [-0.15, -0.1) is 0 Å². The standard InChI is InChI=1S/C17H13NO2.C9H13NO/c1-11-6-8-12(9-7-11)16-10-14(17(19)20)13-4-2-3-5-15(13)18-16;1-11-9-4-2-8(3-5-9)6-7-10/h2-10H,1H3,(H,19,20);2-5H,6-7,10H2,1H3. The molecule has 0 saturated heterocycles. The molecule has 0 aliphatic rings. The first kappa shape index (κ1) is 22.0. The number of carboxylic acids is 1. The lowest BCUT2D eigenvalue weighted by Gasteiger charge is -2.07. The Hall–Kier alpha value is -3.70. The predicted octanol–water partition coefficient (Wildman–Crippen LogP) is 5.10. The molecule has 0 aliphatic heterocycles. The number of nitrogens with zero attached hydrogens (tertiary/aromatic N) is 1. The quantitative estimate of drug-likeness (QED) is 0.474. The number of nitrogens with two attached hydrogens (primary N) is 1. The zero-order valence-corrected chi connectivity index (χ0v) is 17.7. The van der Waals surface area contributed by atoms with E-state index in [1.807, 2.05) is 73.7 Å². The minimum absolute atomic E-state index is 0.283. The smallest absolute Gasteiger partial charge is 0.336 e. The molecule has 0 saturated carbocycles. The number of hydrogen-bond donors (Lipinski definition) is 2. The summed E-state index contributed by atoms with van der Waals surface area (Å²) in [7, 11) is 1.66. The number of aromatic carboxylic acids is 1. The molecular weight excluding hydrogens is 388 g/mol. The van der Waals surface area contributed by atoms with Crippen LogP contribution in [0.25, 0.3) is 22.2 Å². The van der Waals surface area contributed by atoms with Gasteiger partial charge in [0.2, 0.25) is 0 Å². The van der Waals surface area contributed by atoms with Crippen LogP contribution in [-0.2, 0) is 6.42 Å². The fourth-order valence-electron chi connectivity index (χ4n) is 3.18. The van der Waals surface area contributed by atoms with E-state index >= 15 is 0 Å². The fraction of sp³-hybridized carbons (Fsp3) is 0.154. The second kappa shape index (κ2) is 10.4. The second-order valence-electron chi connectivity index (χ2n) is 7.13. The molecule has 3 aromatic carbocycles. The first-order valence-electron chi connectivity index (χ1n) is 10.0. The van der Waals surface area contributed by atoms with Crippen molar-refractivity contribution in [3.8, 4) is 17.0 Å². The summed E-state index contributed by atoms with van der Waals surface area (Å²) < 4.78 is 5.02. The van der Waals surface area contributed by atoms with Gasteiger partial charge in [0, 0.05) is 10.9 Å². The Kier molecular flexibility index (Phi) is 7.35. The van der Waals surface area contributed by atoms with Crippen LogP contribution in [0.15, 0.2) is 78.9 Å². The number of pyridine rings is 1. The van der Waals surface area contributed by atoms with E-state index in [0.29, 0.717) is 23.1 Å². The highest BCUT2D eigenvalue weighted by molar-refractivity contribution is 6.03. The number of aryl methyl sites for hydroxylation is 1. The fourth-order valence-corrected chi connectivity index (χ4v) is 3.18. The van der Waals surface area contributed by atoms with Gasteiger partial charge in [-0.1, -0.05) is 60.2 Å². The molecule has 31 heavy (non-hydrogen) atoms. The van der Waals surface area contributed by atoms with Gasteiger partial charge in [-0.2, -0.15) is 0 Å². The average molecular weight is 415 g/mol. The van der Waals surface area contributed by atoms with Crippen molar-refractivity contribution in [3.05, 3.63) is 95.6 Å².